The van der Waals surface area contributed by atoms with Crippen molar-refractivity contribution in [3.8, 4) is 0 Å². The van der Waals surface area contributed by atoms with E-state index in [4.69, 9.17) is 0 Å². The molecule has 0 aliphatic carbocycles. The van der Waals surface area contributed by atoms with Crippen LogP contribution in [0.25, 0.3) is 0 Å². The number of amides is 2. The van der Waals surface area contributed by atoms with Crippen LogP contribution in [0.5, 0.6) is 0 Å². The van der Waals surface area contributed by atoms with Crippen LogP contribution in [-0.4, -0.2) is 54.3 Å². The number of fused-ring (bicyclic) bond motifs is 1. The number of hydrogen-bond acceptors (Lipinski definition) is 6. The summed E-state index contributed by atoms with van der Waals surface area (Å²) in [5, 5.41) is 2.17. The summed E-state index contributed by atoms with van der Waals surface area (Å²) in [5.74, 6) is -0.256. The average molecular weight is 286 g/mol. The van der Waals surface area contributed by atoms with Gasteiger partial charge in [-0.05, 0) is 12.5 Å². The maximum absolute atomic E-state index is 12.0. The largest absolute Gasteiger partial charge is 0.464 e. The number of alkyl carbamates (subject to hydrolysis) is 1. The summed E-state index contributed by atoms with van der Waals surface area (Å²) in [6.45, 7) is 1.78. The quantitative estimate of drug-likeness (QED) is 0.571. The fourth-order valence-electron chi connectivity index (χ4n) is 2.04. The van der Waals surface area contributed by atoms with Crippen molar-refractivity contribution in [3.05, 3.63) is 11.3 Å². The molecule has 1 fully saturated rings. The van der Waals surface area contributed by atoms with Gasteiger partial charge in [0.05, 0.1) is 14.2 Å². The summed E-state index contributed by atoms with van der Waals surface area (Å²) < 4.78 is 9.15. The zero-order valence-corrected chi connectivity index (χ0v) is 11.6. The Balaban J connectivity index is 2.18. The molecule has 19 heavy (non-hydrogen) atoms. The lowest BCUT2D eigenvalue weighted by molar-refractivity contribution is -0.150. The first-order chi connectivity index (χ1) is 9.01. The highest BCUT2D eigenvalue weighted by Crippen LogP contribution is 2.40. The number of esters is 1. The third-order valence-corrected chi connectivity index (χ3v) is 4.42. The van der Waals surface area contributed by atoms with Gasteiger partial charge in [0.15, 0.2) is 0 Å². The molecular formula is C11H14N2O5S. The molecule has 0 saturated carbocycles. The van der Waals surface area contributed by atoms with Crippen molar-refractivity contribution in [2.75, 3.05) is 20.0 Å². The summed E-state index contributed by atoms with van der Waals surface area (Å²) in [5.41, 5.74) is 1.07. The van der Waals surface area contributed by atoms with Gasteiger partial charge in [0.2, 0.25) is 0 Å². The number of thioether (sulfide) groups is 1. The van der Waals surface area contributed by atoms with Gasteiger partial charge >= 0.3 is 12.1 Å². The molecule has 2 heterocycles. The topological polar surface area (TPSA) is 84.9 Å². The molecule has 2 aliphatic rings. The number of carbonyl (C=O) groups is 3. The predicted octanol–water partition coefficient (Wildman–Crippen LogP) is 0.0731. The van der Waals surface area contributed by atoms with Crippen molar-refractivity contribution < 1.29 is 23.9 Å². The number of β-lactam (4-membered cyclic amide) rings is 1. The van der Waals surface area contributed by atoms with Gasteiger partial charge in [-0.3, -0.25) is 9.69 Å². The van der Waals surface area contributed by atoms with Gasteiger partial charge in [0.25, 0.3) is 5.91 Å². The minimum Gasteiger partial charge on any atom is -0.464 e. The highest BCUT2D eigenvalue weighted by Gasteiger charge is 2.54. The fourth-order valence-corrected chi connectivity index (χ4v) is 3.34. The summed E-state index contributed by atoms with van der Waals surface area (Å²) in [7, 11) is 2.50. The number of nitrogens with one attached hydrogen (secondary N) is 1. The van der Waals surface area contributed by atoms with Gasteiger partial charge in [-0.2, -0.15) is 0 Å². The molecule has 0 spiro atoms. The normalized spacial score (nSPS) is 25.4. The first kappa shape index (κ1) is 13.7. The van der Waals surface area contributed by atoms with Crippen LogP contribution in [0.1, 0.15) is 6.92 Å². The second kappa shape index (κ2) is 5.12. The Morgan fingerprint density at radius 2 is 2.05 bits per heavy atom. The van der Waals surface area contributed by atoms with E-state index >= 15 is 0 Å². The van der Waals surface area contributed by atoms with Crippen molar-refractivity contribution in [1.82, 2.24) is 10.2 Å². The Hall–Kier alpha value is -1.70. The van der Waals surface area contributed by atoms with Crippen LogP contribution in [0.4, 0.5) is 4.79 Å². The van der Waals surface area contributed by atoms with E-state index in [-0.39, 0.29) is 17.0 Å². The average Bonchev–Trinajstić information content (AvgIpc) is 2.43. The number of hydrogen-bond donors (Lipinski definition) is 1. The number of rotatable bonds is 2. The van der Waals surface area contributed by atoms with E-state index < -0.39 is 18.1 Å². The van der Waals surface area contributed by atoms with E-state index in [9.17, 15) is 14.4 Å². The van der Waals surface area contributed by atoms with Gasteiger partial charge in [0.1, 0.15) is 17.1 Å². The lowest BCUT2D eigenvalue weighted by Gasteiger charge is -2.49. The zero-order valence-electron chi connectivity index (χ0n) is 10.8. The van der Waals surface area contributed by atoms with E-state index in [0.29, 0.717) is 5.75 Å². The number of ether oxygens (including phenoxy) is 2. The van der Waals surface area contributed by atoms with Crippen molar-refractivity contribution in [1.29, 1.82) is 0 Å². The third kappa shape index (κ3) is 2.16. The van der Waals surface area contributed by atoms with Crippen LogP contribution in [0.2, 0.25) is 0 Å². The van der Waals surface area contributed by atoms with Crippen LogP contribution in [-0.2, 0) is 19.1 Å². The molecule has 0 aromatic carbocycles. The predicted molar refractivity (Wildman–Crippen MR) is 67.1 cm³/mol. The second-order valence-corrected chi connectivity index (χ2v) is 5.25. The fraction of sp³-hybridized carbons (Fsp3) is 0.545. The van der Waals surface area contributed by atoms with E-state index in [2.05, 4.69) is 14.8 Å². The standard InChI is InChI=1S/C11H14N2O5S/c1-5-4-19-9-6(12-11(16)18-3)8(14)13(9)7(5)10(15)17-2/h6,9H,4H2,1-3H3,(H,12,16)/t6-,9-/m1/s1. The van der Waals surface area contributed by atoms with Crippen molar-refractivity contribution in [3.63, 3.8) is 0 Å². The molecule has 8 heteroatoms. The SMILES string of the molecule is COC(=O)N[C@@H]1C(=O)N2C(C(=O)OC)=C(C)CS[C@H]12. The lowest BCUT2D eigenvalue weighted by Crippen LogP contribution is -2.70. The maximum atomic E-state index is 12.0. The molecule has 1 N–H and O–H groups in total. The molecule has 0 radical (unpaired) electrons. The van der Waals surface area contributed by atoms with E-state index in [1.165, 1.54) is 30.9 Å². The number of methoxy groups -OCH3 is 2. The van der Waals surface area contributed by atoms with Crippen molar-refractivity contribution >= 4 is 29.7 Å². The number of nitrogens with zero attached hydrogens (tertiary/aromatic N) is 1. The van der Waals surface area contributed by atoms with E-state index in [0.717, 1.165) is 5.57 Å². The second-order valence-electron chi connectivity index (χ2n) is 4.14. The first-order valence-corrected chi connectivity index (χ1v) is 6.63. The zero-order chi connectivity index (χ0) is 14.2. The van der Waals surface area contributed by atoms with Crippen LogP contribution < -0.4 is 5.32 Å². The Morgan fingerprint density at radius 3 is 2.63 bits per heavy atom. The molecule has 2 rings (SSSR count). The van der Waals surface area contributed by atoms with Crippen LogP contribution in [0.3, 0.4) is 0 Å². The Labute approximate surface area is 114 Å². The summed E-state index contributed by atoms with van der Waals surface area (Å²) in [6, 6.07) is -0.662. The minimum atomic E-state index is -0.663. The molecule has 2 atom stereocenters. The summed E-state index contributed by atoms with van der Waals surface area (Å²) in [4.78, 5) is 36.3. The van der Waals surface area contributed by atoms with Gasteiger partial charge < -0.3 is 14.8 Å². The van der Waals surface area contributed by atoms with Crippen LogP contribution in [0, 0.1) is 0 Å². The molecule has 7 nitrogen and oxygen atoms in total. The van der Waals surface area contributed by atoms with Gasteiger partial charge in [-0.1, -0.05) is 0 Å². The van der Waals surface area contributed by atoms with Crippen molar-refractivity contribution in [2.24, 2.45) is 0 Å². The van der Waals surface area contributed by atoms with Crippen molar-refractivity contribution in [2.45, 2.75) is 18.3 Å². The smallest absolute Gasteiger partial charge is 0.407 e. The van der Waals surface area contributed by atoms with Gasteiger partial charge in [-0.15, -0.1) is 11.8 Å². The molecule has 0 aromatic rings. The van der Waals surface area contributed by atoms with Crippen LogP contribution >= 0.6 is 11.8 Å². The molecule has 0 unspecified atom stereocenters. The van der Waals surface area contributed by atoms with E-state index in [1.54, 1.807) is 6.92 Å². The summed E-state index contributed by atoms with van der Waals surface area (Å²) in [6.07, 6.45) is -0.663. The molecule has 104 valence electrons. The van der Waals surface area contributed by atoms with Gasteiger partial charge in [-0.25, -0.2) is 9.59 Å². The maximum Gasteiger partial charge on any atom is 0.407 e. The minimum absolute atomic E-state index is 0.277. The summed E-state index contributed by atoms with van der Waals surface area (Å²) >= 11 is 1.49. The van der Waals surface area contributed by atoms with Crippen LogP contribution in [0.15, 0.2) is 11.3 Å². The Morgan fingerprint density at radius 1 is 1.37 bits per heavy atom. The molecule has 0 aromatic heterocycles. The highest BCUT2D eigenvalue weighted by molar-refractivity contribution is 8.00. The number of carbonyl (C=O) groups excluding carboxylic acids is 3. The molecule has 2 aliphatic heterocycles. The molecule has 0 bridgehead atoms. The first-order valence-electron chi connectivity index (χ1n) is 5.58. The van der Waals surface area contributed by atoms with E-state index in [1.807, 2.05) is 0 Å². The molecule has 2 amide bonds. The monoisotopic (exact) mass is 286 g/mol. The lowest BCUT2D eigenvalue weighted by atomic mass is 10.0. The Kier molecular flexibility index (Phi) is 3.70. The van der Waals surface area contributed by atoms with Gasteiger partial charge in [0, 0.05) is 5.75 Å². The molecular weight excluding hydrogens is 272 g/mol. The Bertz CT molecular complexity index is 476. The highest BCUT2D eigenvalue weighted by atomic mass is 32.2. The molecule has 1 saturated heterocycles. The third-order valence-electron chi connectivity index (χ3n) is 3.00.